The van der Waals surface area contributed by atoms with Gasteiger partial charge in [-0.2, -0.15) is 0 Å². The smallest absolute Gasteiger partial charge is 0.0510 e. The van der Waals surface area contributed by atoms with Crippen LogP contribution in [0.15, 0.2) is 24.3 Å². The summed E-state index contributed by atoms with van der Waals surface area (Å²) in [5.74, 6) is 0.659. The van der Waals surface area contributed by atoms with Crippen LogP contribution < -0.4 is 10.2 Å². The summed E-state index contributed by atoms with van der Waals surface area (Å²) in [5, 5.41) is 3.70. The van der Waals surface area contributed by atoms with Gasteiger partial charge in [-0.15, -0.1) is 0 Å². The molecule has 3 atom stereocenters. The predicted molar refractivity (Wildman–Crippen MR) is 88.0 cm³/mol. The molecule has 116 valence electrons. The number of rotatable bonds is 5. The normalized spacial score (nSPS) is 26.7. The van der Waals surface area contributed by atoms with Crippen LogP contribution in [0.2, 0.25) is 0 Å². The van der Waals surface area contributed by atoms with Crippen LogP contribution in [0.5, 0.6) is 0 Å². The van der Waals surface area contributed by atoms with Crippen molar-refractivity contribution in [2.45, 2.75) is 45.2 Å². The maximum atomic E-state index is 5.61. The molecule has 0 bridgehead atoms. The highest BCUT2D eigenvalue weighted by molar-refractivity contribution is 5.56. The van der Waals surface area contributed by atoms with Crippen LogP contribution in [-0.4, -0.2) is 38.4 Å². The Morgan fingerprint density at radius 2 is 2.19 bits per heavy atom. The second-order valence-electron chi connectivity index (χ2n) is 6.46. The van der Waals surface area contributed by atoms with E-state index in [9.17, 15) is 0 Å². The van der Waals surface area contributed by atoms with Crippen molar-refractivity contribution in [3.63, 3.8) is 0 Å². The number of ether oxygens (including phenoxy) is 1. The van der Waals surface area contributed by atoms with Crippen LogP contribution in [-0.2, 0) is 11.2 Å². The SMILES string of the molecule is CCNC(CN1c2ccccc2CCC1C)C1CCOC1. The number of nitrogens with zero attached hydrogens (tertiary/aromatic N) is 1. The first kappa shape index (κ1) is 14.9. The van der Waals surface area contributed by atoms with Crippen molar-refractivity contribution >= 4 is 5.69 Å². The Balaban J connectivity index is 1.77. The zero-order valence-electron chi connectivity index (χ0n) is 13.3. The summed E-state index contributed by atoms with van der Waals surface area (Å²) in [7, 11) is 0. The summed E-state index contributed by atoms with van der Waals surface area (Å²) < 4.78 is 5.61. The number of aryl methyl sites for hydroxylation is 1. The van der Waals surface area contributed by atoms with Crippen LogP contribution >= 0.6 is 0 Å². The van der Waals surface area contributed by atoms with E-state index in [-0.39, 0.29) is 0 Å². The average Bonchev–Trinajstić information content (AvgIpc) is 3.03. The predicted octanol–water partition coefficient (Wildman–Crippen LogP) is 2.84. The third-order valence-electron chi connectivity index (χ3n) is 5.06. The van der Waals surface area contributed by atoms with E-state index >= 15 is 0 Å². The molecule has 3 rings (SSSR count). The highest BCUT2D eigenvalue weighted by atomic mass is 16.5. The molecule has 0 amide bonds. The lowest BCUT2D eigenvalue weighted by Gasteiger charge is -2.40. The van der Waals surface area contributed by atoms with Crippen molar-refractivity contribution in [1.82, 2.24) is 5.32 Å². The molecule has 0 spiro atoms. The van der Waals surface area contributed by atoms with Crippen LogP contribution in [0.1, 0.15) is 32.3 Å². The molecule has 0 radical (unpaired) electrons. The van der Waals surface area contributed by atoms with Crippen molar-refractivity contribution in [2.75, 3.05) is 31.2 Å². The summed E-state index contributed by atoms with van der Waals surface area (Å²) in [6, 6.07) is 10.1. The topological polar surface area (TPSA) is 24.5 Å². The molecule has 1 saturated heterocycles. The second kappa shape index (κ2) is 6.80. The van der Waals surface area contributed by atoms with Crippen LogP contribution in [0, 0.1) is 5.92 Å². The highest BCUT2D eigenvalue weighted by Gasteiger charge is 2.30. The molecule has 3 heteroatoms. The van der Waals surface area contributed by atoms with Crippen molar-refractivity contribution < 1.29 is 4.74 Å². The lowest BCUT2D eigenvalue weighted by atomic mass is 9.93. The summed E-state index contributed by atoms with van der Waals surface area (Å²) in [6.07, 6.45) is 3.67. The van der Waals surface area contributed by atoms with Gasteiger partial charge in [-0.05, 0) is 44.4 Å². The van der Waals surface area contributed by atoms with E-state index < -0.39 is 0 Å². The maximum Gasteiger partial charge on any atom is 0.0510 e. The summed E-state index contributed by atoms with van der Waals surface area (Å²) >= 11 is 0. The molecule has 0 aromatic heterocycles. The van der Waals surface area contributed by atoms with Crippen molar-refractivity contribution in [2.24, 2.45) is 5.92 Å². The quantitative estimate of drug-likeness (QED) is 0.901. The van der Waals surface area contributed by atoms with Gasteiger partial charge in [0.25, 0.3) is 0 Å². The lowest BCUT2D eigenvalue weighted by molar-refractivity contribution is 0.177. The molecule has 21 heavy (non-hydrogen) atoms. The van der Waals surface area contributed by atoms with Crippen LogP contribution in [0.4, 0.5) is 5.69 Å². The monoisotopic (exact) mass is 288 g/mol. The van der Waals surface area contributed by atoms with E-state index in [0.717, 1.165) is 26.3 Å². The minimum Gasteiger partial charge on any atom is -0.381 e. The Morgan fingerprint density at radius 3 is 2.95 bits per heavy atom. The molecule has 1 aromatic carbocycles. The molecule has 0 aliphatic carbocycles. The van der Waals surface area contributed by atoms with E-state index in [0.29, 0.717) is 18.0 Å². The standard InChI is InChI=1S/C18H28N2O/c1-3-19-17(16-10-11-21-13-16)12-20-14(2)8-9-15-6-4-5-7-18(15)20/h4-7,14,16-17,19H,3,8-13H2,1-2H3. The molecule has 0 saturated carbocycles. The first-order valence-corrected chi connectivity index (χ1v) is 8.45. The van der Waals surface area contributed by atoms with Crippen molar-refractivity contribution in [1.29, 1.82) is 0 Å². The first-order chi connectivity index (χ1) is 10.3. The number of nitrogens with one attached hydrogen (secondary N) is 1. The molecule has 2 aliphatic heterocycles. The fraction of sp³-hybridized carbons (Fsp3) is 0.667. The molecule has 2 aliphatic rings. The molecule has 2 heterocycles. The molecular weight excluding hydrogens is 260 g/mol. The van der Waals surface area contributed by atoms with Crippen LogP contribution in [0.25, 0.3) is 0 Å². The van der Waals surface area contributed by atoms with Crippen molar-refractivity contribution in [3.8, 4) is 0 Å². The van der Waals surface area contributed by atoms with Gasteiger partial charge in [-0.3, -0.25) is 0 Å². The lowest BCUT2D eigenvalue weighted by Crippen LogP contribution is -2.50. The Labute approximate surface area is 128 Å². The zero-order chi connectivity index (χ0) is 14.7. The van der Waals surface area contributed by atoms with E-state index in [1.54, 1.807) is 0 Å². The Bertz CT molecular complexity index is 456. The number of hydrogen-bond acceptors (Lipinski definition) is 3. The van der Waals surface area contributed by atoms with Crippen LogP contribution in [0.3, 0.4) is 0 Å². The molecule has 1 fully saturated rings. The Kier molecular flexibility index (Phi) is 4.81. The molecular formula is C18H28N2O. The van der Waals surface area contributed by atoms with Gasteiger partial charge < -0.3 is 15.0 Å². The van der Waals surface area contributed by atoms with Gasteiger partial charge in [0, 0.05) is 36.8 Å². The fourth-order valence-electron chi connectivity index (χ4n) is 3.76. The minimum absolute atomic E-state index is 0.533. The van der Waals surface area contributed by atoms with Gasteiger partial charge in [0.15, 0.2) is 0 Å². The Morgan fingerprint density at radius 1 is 1.33 bits per heavy atom. The minimum atomic E-state index is 0.533. The zero-order valence-corrected chi connectivity index (χ0v) is 13.3. The van der Waals surface area contributed by atoms with E-state index in [1.807, 2.05) is 0 Å². The molecule has 1 N–H and O–H groups in total. The van der Waals surface area contributed by atoms with Gasteiger partial charge >= 0.3 is 0 Å². The summed E-state index contributed by atoms with van der Waals surface area (Å²) in [6.45, 7) is 8.55. The van der Waals surface area contributed by atoms with Gasteiger partial charge in [-0.25, -0.2) is 0 Å². The average molecular weight is 288 g/mol. The number of anilines is 1. The number of benzene rings is 1. The Hall–Kier alpha value is -1.06. The van der Waals surface area contributed by atoms with E-state index in [2.05, 4.69) is 48.3 Å². The van der Waals surface area contributed by atoms with Gasteiger partial charge in [-0.1, -0.05) is 25.1 Å². The summed E-state index contributed by atoms with van der Waals surface area (Å²) in [5.41, 5.74) is 2.95. The highest BCUT2D eigenvalue weighted by Crippen LogP contribution is 2.31. The first-order valence-electron chi connectivity index (χ1n) is 8.45. The largest absolute Gasteiger partial charge is 0.381 e. The number of hydrogen-bond donors (Lipinski definition) is 1. The van der Waals surface area contributed by atoms with Gasteiger partial charge in [0.05, 0.1) is 6.61 Å². The molecule has 1 aromatic rings. The third-order valence-corrected chi connectivity index (χ3v) is 5.06. The maximum absolute atomic E-state index is 5.61. The van der Waals surface area contributed by atoms with E-state index in [4.69, 9.17) is 4.74 Å². The van der Waals surface area contributed by atoms with E-state index in [1.165, 1.54) is 30.5 Å². The van der Waals surface area contributed by atoms with Gasteiger partial charge in [0.2, 0.25) is 0 Å². The number of para-hydroxylation sites is 1. The molecule has 3 nitrogen and oxygen atoms in total. The van der Waals surface area contributed by atoms with Crippen molar-refractivity contribution in [3.05, 3.63) is 29.8 Å². The number of fused-ring (bicyclic) bond motifs is 1. The fourth-order valence-corrected chi connectivity index (χ4v) is 3.76. The second-order valence-corrected chi connectivity index (χ2v) is 6.46. The third kappa shape index (κ3) is 3.24. The number of likely N-dealkylation sites (N-methyl/N-ethyl adjacent to an activating group) is 1. The van der Waals surface area contributed by atoms with Gasteiger partial charge in [0.1, 0.15) is 0 Å². The molecule has 3 unspecified atom stereocenters. The summed E-state index contributed by atoms with van der Waals surface area (Å²) in [4.78, 5) is 2.62.